The van der Waals surface area contributed by atoms with Crippen LogP contribution in [0.15, 0.2) is 35.3 Å². The molecule has 0 aliphatic carbocycles. The Morgan fingerprint density at radius 2 is 1.91 bits per heavy atom. The van der Waals surface area contributed by atoms with Crippen molar-refractivity contribution in [2.75, 3.05) is 18.1 Å². The number of carbonyl (C=O) groups excluding carboxylic acids is 2. The Hall–Kier alpha value is -3.89. The number of hydrogen-bond acceptors (Lipinski definition) is 5. The molecule has 0 unspecified atom stereocenters. The summed E-state index contributed by atoms with van der Waals surface area (Å²) in [5, 5.41) is 2.55. The van der Waals surface area contributed by atoms with Crippen LogP contribution in [-0.2, 0) is 4.74 Å². The van der Waals surface area contributed by atoms with E-state index in [0.717, 1.165) is 10.8 Å². The number of benzene rings is 1. The molecule has 2 amide bonds. The summed E-state index contributed by atoms with van der Waals surface area (Å²) in [6, 6.07) is 3.02. The lowest BCUT2D eigenvalue weighted by molar-refractivity contribution is 0.0524. The van der Waals surface area contributed by atoms with Crippen molar-refractivity contribution in [3.05, 3.63) is 63.7 Å². The minimum absolute atomic E-state index is 0.0327. The van der Waals surface area contributed by atoms with E-state index in [0.29, 0.717) is 12.1 Å². The highest BCUT2D eigenvalue weighted by atomic mass is 19.1. The molecule has 0 saturated carbocycles. The van der Waals surface area contributed by atoms with Crippen LogP contribution in [0, 0.1) is 17.5 Å². The summed E-state index contributed by atoms with van der Waals surface area (Å²) in [5.41, 5.74) is -2.22. The molecule has 32 heavy (non-hydrogen) atoms. The van der Waals surface area contributed by atoms with E-state index in [1.807, 2.05) is 0 Å². The van der Waals surface area contributed by atoms with Crippen molar-refractivity contribution in [2.45, 2.75) is 19.9 Å². The van der Waals surface area contributed by atoms with Gasteiger partial charge in [-0.25, -0.2) is 27.7 Å². The van der Waals surface area contributed by atoms with Crippen LogP contribution in [-0.4, -0.2) is 40.7 Å². The second-order valence-electron chi connectivity index (χ2n) is 7.18. The topological polar surface area (TPSA) is 93.5 Å². The smallest absolute Gasteiger partial charge is 0.343 e. The van der Waals surface area contributed by atoms with Gasteiger partial charge in [-0.05, 0) is 26.0 Å². The Morgan fingerprint density at radius 1 is 1.22 bits per heavy atom. The number of carbonyl (C=O) groups is 2. The molecule has 3 aromatic rings. The summed E-state index contributed by atoms with van der Waals surface area (Å²) in [7, 11) is 0. The number of aromatic nitrogens is 2. The van der Waals surface area contributed by atoms with E-state index in [9.17, 15) is 27.6 Å². The number of esters is 1. The number of anilines is 1. The number of nitrogens with zero attached hydrogens (tertiary/aromatic N) is 3. The molecule has 2 aromatic heterocycles. The molecule has 0 spiro atoms. The largest absolute Gasteiger partial charge is 0.462 e. The molecule has 4 rings (SSSR count). The van der Waals surface area contributed by atoms with E-state index in [-0.39, 0.29) is 36.0 Å². The first-order valence-electron chi connectivity index (χ1n) is 9.67. The third kappa shape index (κ3) is 3.55. The minimum Gasteiger partial charge on any atom is -0.462 e. The molecule has 1 saturated heterocycles. The Bertz CT molecular complexity index is 1300. The van der Waals surface area contributed by atoms with Gasteiger partial charge in [0.15, 0.2) is 17.3 Å². The van der Waals surface area contributed by atoms with Gasteiger partial charge in [0.1, 0.15) is 22.9 Å². The molecule has 1 N–H and O–H groups in total. The zero-order chi connectivity index (χ0) is 23.2. The number of pyridine rings is 2. The maximum absolute atomic E-state index is 14.6. The van der Waals surface area contributed by atoms with Crippen molar-refractivity contribution in [2.24, 2.45) is 0 Å². The van der Waals surface area contributed by atoms with Gasteiger partial charge in [-0.1, -0.05) is 0 Å². The molecular weight excluding hydrogens is 429 g/mol. The van der Waals surface area contributed by atoms with Crippen molar-refractivity contribution < 1.29 is 27.5 Å². The fraction of sp³-hybridized carbons (Fsp3) is 0.238. The molecule has 1 atom stereocenters. The van der Waals surface area contributed by atoms with Gasteiger partial charge < -0.3 is 10.1 Å². The van der Waals surface area contributed by atoms with Crippen LogP contribution in [0.2, 0.25) is 0 Å². The third-order valence-corrected chi connectivity index (χ3v) is 4.90. The lowest BCUT2D eigenvalue weighted by atomic mass is 10.1. The number of nitrogens with one attached hydrogen (secondary N) is 1. The standard InChI is InChI=1S/C21H17F3N4O4/c1-3-32-20(30)13-9-28(17-14(23)6-11(22)7-15(17)24)19-12(18(13)29)4-5-16(26-19)27-8-10(2)25-21(27)31/h4-7,9-10H,3,8H2,1-2H3,(H,25,31)/t10-/m1/s1. The molecule has 166 valence electrons. The van der Waals surface area contributed by atoms with Crippen LogP contribution < -0.4 is 15.6 Å². The van der Waals surface area contributed by atoms with Crippen molar-refractivity contribution in [3.63, 3.8) is 0 Å². The van der Waals surface area contributed by atoms with Crippen molar-refractivity contribution >= 4 is 28.9 Å². The highest BCUT2D eigenvalue weighted by molar-refractivity contribution is 5.96. The lowest BCUT2D eigenvalue weighted by Crippen LogP contribution is -2.29. The van der Waals surface area contributed by atoms with Gasteiger partial charge in [0.2, 0.25) is 5.43 Å². The van der Waals surface area contributed by atoms with E-state index >= 15 is 0 Å². The number of halogens is 3. The van der Waals surface area contributed by atoms with Crippen molar-refractivity contribution in [3.8, 4) is 5.69 Å². The summed E-state index contributed by atoms with van der Waals surface area (Å²) in [6.45, 7) is 3.56. The number of hydrogen-bond donors (Lipinski definition) is 1. The summed E-state index contributed by atoms with van der Waals surface area (Å²) in [5.74, 6) is -4.56. The number of ether oxygens (including phenoxy) is 1. The molecule has 1 aliphatic heterocycles. The molecule has 0 radical (unpaired) electrons. The fourth-order valence-electron chi connectivity index (χ4n) is 3.52. The molecule has 1 aromatic carbocycles. The van der Waals surface area contributed by atoms with Crippen LogP contribution in [0.4, 0.5) is 23.8 Å². The van der Waals surface area contributed by atoms with Gasteiger partial charge in [0, 0.05) is 30.9 Å². The van der Waals surface area contributed by atoms with E-state index in [1.165, 1.54) is 24.0 Å². The van der Waals surface area contributed by atoms with Gasteiger partial charge in [0.05, 0.1) is 12.0 Å². The summed E-state index contributed by atoms with van der Waals surface area (Å²) < 4.78 is 48.4. The quantitative estimate of drug-likeness (QED) is 0.622. The predicted octanol–water partition coefficient (Wildman–Crippen LogP) is 2.90. The molecule has 1 fully saturated rings. The molecular formula is C21H17F3N4O4. The molecule has 3 heterocycles. The molecule has 1 aliphatic rings. The minimum atomic E-state index is -1.28. The molecule has 0 bridgehead atoms. The Morgan fingerprint density at radius 3 is 2.50 bits per heavy atom. The van der Waals surface area contributed by atoms with Gasteiger partial charge >= 0.3 is 12.0 Å². The van der Waals surface area contributed by atoms with Crippen molar-refractivity contribution in [1.29, 1.82) is 0 Å². The second kappa shape index (κ2) is 7.98. The van der Waals surface area contributed by atoms with Gasteiger partial charge in [0.25, 0.3) is 0 Å². The summed E-state index contributed by atoms with van der Waals surface area (Å²) >= 11 is 0. The maximum Gasteiger partial charge on any atom is 0.343 e. The average Bonchev–Trinajstić information content (AvgIpc) is 3.06. The van der Waals surface area contributed by atoms with Gasteiger partial charge in [-0.15, -0.1) is 0 Å². The van der Waals surface area contributed by atoms with E-state index in [1.54, 1.807) is 6.92 Å². The van der Waals surface area contributed by atoms with Crippen LogP contribution in [0.3, 0.4) is 0 Å². The van der Waals surface area contributed by atoms with Crippen LogP contribution in [0.25, 0.3) is 16.7 Å². The van der Waals surface area contributed by atoms with Crippen LogP contribution >= 0.6 is 0 Å². The first kappa shape index (κ1) is 21.3. The number of rotatable bonds is 4. The number of urea groups is 1. The monoisotopic (exact) mass is 446 g/mol. The maximum atomic E-state index is 14.6. The van der Waals surface area contributed by atoms with Crippen LogP contribution in [0.1, 0.15) is 24.2 Å². The molecule has 8 nitrogen and oxygen atoms in total. The highest BCUT2D eigenvalue weighted by Crippen LogP contribution is 2.26. The van der Waals surface area contributed by atoms with E-state index in [4.69, 9.17) is 4.74 Å². The van der Waals surface area contributed by atoms with Crippen LogP contribution in [0.5, 0.6) is 0 Å². The molecule has 11 heteroatoms. The Balaban J connectivity index is 2.03. The van der Waals surface area contributed by atoms with Gasteiger partial charge in [-0.2, -0.15) is 0 Å². The zero-order valence-corrected chi connectivity index (χ0v) is 17.0. The average molecular weight is 446 g/mol. The summed E-state index contributed by atoms with van der Waals surface area (Å²) in [6.07, 6.45) is 0.894. The second-order valence-corrected chi connectivity index (χ2v) is 7.18. The first-order valence-corrected chi connectivity index (χ1v) is 9.67. The SMILES string of the molecule is CCOC(=O)c1cn(-c2c(F)cc(F)cc2F)c2nc(N3C[C@@H](C)NC3=O)ccc2c1=O. The summed E-state index contributed by atoms with van der Waals surface area (Å²) in [4.78, 5) is 43.0. The van der Waals surface area contributed by atoms with E-state index in [2.05, 4.69) is 10.3 Å². The zero-order valence-electron chi connectivity index (χ0n) is 17.0. The predicted molar refractivity (Wildman–Crippen MR) is 109 cm³/mol. The Labute approximate surface area is 179 Å². The van der Waals surface area contributed by atoms with E-state index < -0.39 is 46.1 Å². The third-order valence-electron chi connectivity index (χ3n) is 4.90. The number of amides is 2. The Kier molecular flexibility index (Phi) is 5.33. The normalized spacial score (nSPS) is 15.8. The van der Waals surface area contributed by atoms with Crippen molar-refractivity contribution in [1.82, 2.24) is 14.9 Å². The first-order chi connectivity index (χ1) is 15.2. The lowest BCUT2D eigenvalue weighted by Gasteiger charge is -2.17. The van der Waals surface area contributed by atoms with Gasteiger partial charge in [-0.3, -0.25) is 14.3 Å². The number of fused-ring (bicyclic) bond motifs is 1. The fourth-order valence-corrected chi connectivity index (χ4v) is 3.52. The highest BCUT2D eigenvalue weighted by Gasteiger charge is 2.29.